The van der Waals surface area contributed by atoms with E-state index >= 15 is 0 Å². The molecule has 0 spiro atoms. The summed E-state index contributed by atoms with van der Waals surface area (Å²) in [5.41, 5.74) is 5.47. The SMILES string of the molecule is CC(C)(CCCN)O[Si](C)(C)C. The minimum atomic E-state index is -1.38. The molecular formula is C9H23NOSi. The molecule has 0 aliphatic carbocycles. The van der Waals surface area contributed by atoms with Crippen LogP contribution >= 0.6 is 0 Å². The van der Waals surface area contributed by atoms with Gasteiger partial charge in [0.05, 0.1) is 5.60 Å². The van der Waals surface area contributed by atoms with Gasteiger partial charge in [-0.25, -0.2) is 0 Å². The van der Waals surface area contributed by atoms with Gasteiger partial charge < -0.3 is 10.2 Å². The Morgan fingerprint density at radius 1 is 1.25 bits per heavy atom. The second-order valence-corrected chi connectivity index (χ2v) is 9.30. The van der Waals surface area contributed by atoms with Gasteiger partial charge in [0.1, 0.15) is 0 Å². The van der Waals surface area contributed by atoms with Gasteiger partial charge >= 0.3 is 0 Å². The van der Waals surface area contributed by atoms with Crippen LogP contribution in [0.25, 0.3) is 0 Å². The molecule has 0 unspecified atom stereocenters. The lowest BCUT2D eigenvalue weighted by Crippen LogP contribution is -2.38. The van der Waals surface area contributed by atoms with Crippen molar-refractivity contribution in [1.82, 2.24) is 0 Å². The zero-order chi connectivity index (χ0) is 9.83. The minimum absolute atomic E-state index is 0.0177. The molecule has 2 nitrogen and oxygen atoms in total. The molecule has 0 radical (unpaired) electrons. The summed E-state index contributed by atoms with van der Waals surface area (Å²) in [6.45, 7) is 11.7. The fourth-order valence-electron chi connectivity index (χ4n) is 1.41. The third-order valence-corrected chi connectivity index (χ3v) is 2.73. The topological polar surface area (TPSA) is 35.2 Å². The first kappa shape index (κ1) is 12.1. The van der Waals surface area contributed by atoms with Crippen molar-refractivity contribution in [3.05, 3.63) is 0 Å². The van der Waals surface area contributed by atoms with E-state index in [9.17, 15) is 0 Å². The quantitative estimate of drug-likeness (QED) is 0.674. The molecule has 2 N–H and O–H groups in total. The highest BCUT2D eigenvalue weighted by Crippen LogP contribution is 2.21. The van der Waals surface area contributed by atoms with Crippen LogP contribution in [0.2, 0.25) is 19.6 Å². The Bertz CT molecular complexity index is 129. The summed E-state index contributed by atoms with van der Waals surface area (Å²) >= 11 is 0. The Kier molecular flexibility index (Phi) is 4.44. The molecule has 0 rings (SSSR count). The van der Waals surface area contributed by atoms with Crippen molar-refractivity contribution in [1.29, 1.82) is 0 Å². The van der Waals surface area contributed by atoms with Crippen LogP contribution in [0.1, 0.15) is 26.7 Å². The summed E-state index contributed by atoms with van der Waals surface area (Å²) in [6, 6.07) is 0. The predicted molar refractivity (Wildman–Crippen MR) is 56.8 cm³/mol. The minimum Gasteiger partial charge on any atom is -0.413 e. The van der Waals surface area contributed by atoms with Crippen LogP contribution in [-0.2, 0) is 4.43 Å². The molecule has 12 heavy (non-hydrogen) atoms. The van der Waals surface area contributed by atoms with E-state index in [0.29, 0.717) is 0 Å². The van der Waals surface area contributed by atoms with Gasteiger partial charge in [-0.2, -0.15) is 0 Å². The van der Waals surface area contributed by atoms with E-state index in [2.05, 4.69) is 33.5 Å². The molecule has 0 bridgehead atoms. The van der Waals surface area contributed by atoms with E-state index in [0.717, 1.165) is 19.4 Å². The molecular weight excluding hydrogens is 166 g/mol. The molecule has 0 saturated carbocycles. The lowest BCUT2D eigenvalue weighted by atomic mass is 10.0. The fraction of sp³-hybridized carbons (Fsp3) is 1.00. The first-order chi connectivity index (χ1) is 5.27. The Morgan fingerprint density at radius 3 is 2.08 bits per heavy atom. The second-order valence-electron chi connectivity index (χ2n) is 4.87. The third-order valence-electron chi connectivity index (χ3n) is 1.57. The van der Waals surface area contributed by atoms with Crippen molar-refractivity contribution >= 4 is 8.32 Å². The average Bonchev–Trinajstić information content (AvgIpc) is 1.78. The van der Waals surface area contributed by atoms with Crippen LogP contribution in [0, 0.1) is 0 Å². The molecule has 0 aromatic carbocycles. The maximum Gasteiger partial charge on any atom is 0.184 e. The molecule has 0 aromatic rings. The maximum atomic E-state index is 6.01. The standard InChI is InChI=1S/C9H23NOSi/c1-9(2,7-6-8-10)11-12(3,4)5/h6-8,10H2,1-5H3. The predicted octanol–water partition coefficient (Wildman–Crippen LogP) is 2.36. The summed E-state index contributed by atoms with van der Waals surface area (Å²) < 4.78 is 6.01. The molecule has 0 amide bonds. The third kappa shape index (κ3) is 6.82. The first-order valence-electron chi connectivity index (χ1n) is 4.67. The Balaban J connectivity index is 3.86. The van der Waals surface area contributed by atoms with Crippen LogP contribution in [0.15, 0.2) is 0 Å². The van der Waals surface area contributed by atoms with Crippen LogP contribution in [0.5, 0.6) is 0 Å². The van der Waals surface area contributed by atoms with Gasteiger partial charge in [-0.05, 0) is 52.9 Å². The molecule has 0 aliphatic rings. The first-order valence-corrected chi connectivity index (χ1v) is 8.08. The summed E-state index contributed by atoms with van der Waals surface area (Å²) in [5.74, 6) is 0. The van der Waals surface area contributed by atoms with Gasteiger partial charge in [0, 0.05) is 0 Å². The number of hydrogen-bond donors (Lipinski definition) is 1. The molecule has 0 aliphatic heterocycles. The molecule has 74 valence electrons. The molecule has 3 heteroatoms. The van der Waals surface area contributed by atoms with Crippen LogP contribution in [0.3, 0.4) is 0 Å². The van der Waals surface area contributed by atoms with Crippen LogP contribution in [0.4, 0.5) is 0 Å². The zero-order valence-electron chi connectivity index (χ0n) is 9.11. The molecule has 0 fully saturated rings. The van der Waals surface area contributed by atoms with E-state index in [1.165, 1.54) is 0 Å². The lowest BCUT2D eigenvalue weighted by Gasteiger charge is -2.33. The van der Waals surface area contributed by atoms with Crippen LogP contribution < -0.4 is 5.73 Å². The monoisotopic (exact) mass is 189 g/mol. The molecule has 0 saturated heterocycles. The van der Waals surface area contributed by atoms with Crippen molar-refractivity contribution in [2.45, 2.75) is 51.9 Å². The smallest absolute Gasteiger partial charge is 0.184 e. The van der Waals surface area contributed by atoms with E-state index in [4.69, 9.17) is 10.2 Å². The van der Waals surface area contributed by atoms with E-state index in [1.807, 2.05) is 0 Å². The molecule has 0 atom stereocenters. The number of rotatable bonds is 5. The second kappa shape index (κ2) is 4.39. The van der Waals surface area contributed by atoms with Gasteiger partial charge in [-0.3, -0.25) is 0 Å². The van der Waals surface area contributed by atoms with Crippen molar-refractivity contribution < 1.29 is 4.43 Å². The highest BCUT2D eigenvalue weighted by molar-refractivity contribution is 6.69. The lowest BCUT2D eigenvalue weighted by molar-refractivity contribution is 0.0896. The zero-order valence-corrected chi connectivity index (χ0v) is 10.1. The summed E-state index contributed by atoms with van der Waals surface area (Å²) in [5, 5.41) is 0. The van der Waals surface area contributed by atoms with Crippen molar-refractivity contribution in [2.75, 3.05) is 6.54 Å². The normalized spacial score (nSPS) is 13.5. The van der Waals surface area contributed by atoms with Crippen LogP contribution in [-0.4, -0.2) is 20.5 Å². The largest absolute Gasteiger partial charge is 0.413 e. The van der Waals surface area contributed by atoms with Gasteiger partial charge in [0.15, 0.2) is 8.32 Å². The van der Waals surface area contributed by atoms with Gasteiger partial charge in [-0.1, -0.05) is 0 Å². The Labute approximate surface area is 77.6 Å². The van der Waals surface area contributed by atoms with E-state index < -0.39 is 8.32 Å². The van der Waals surface area contributed by atoms with Crippen molar-refractivity contribution in [3.63, 3.8) is 0 Å². The summed E-state index contributed by atoms with van der Waals surface area (Å²) in [7, 11) is -1.38. The van der Waals surface area contributed by atoms with E-state index in [1.54, 1.807) is 0 Å². The number of nitrogens with two attached hydrogens (primary N) is 1. The summed E-state index contributed by atoms with van der Waals surface area (Å²) in [4.78, 5) is 0. The van der Waals surface area contributed by atoms with E-state index in [-0.39, 0.29) is 5.60 Å². The van der Waals surface area contributed by atoms with Crippen molar-refractivity contribution in [3.8, 4) is 0 Å². The van der Waals surface area contributed by atoms with Gasteiger partial charge in [-0.15, -0.1) is 0 Å². The Hall–Kier alpha value is 0.137. The van der Waals surface area contributed by atoms with Gasteiger partial charge in [0.25, 0.3) is 0 Å². The van der Waals surface area contributed by atoms with Gasteiger partial charge in [0.2, 0.25) is 0 Å². The number of hydrogen-bond acceptors (Lipinski definition) is 2. The average molecular weight is 189 g/mol. The Morgan fingerprint density at radius 2 is 1.75 bits per heavy atom. The maximum absolute atomic E-state index is 6.01. The summed E-state index contributed by atoms with van der Waals surface area (Å²) in [6.07, 6.45) is 2.12. The fourth-order valence-corrected chi connectivity index (χ4v) is 3.17. The molecule has 0 heterocycles. The van der Waals surface area contributed by atoms with Crippen molar-refractivity contribution in [2.24, 2.45) is 5.73 Å². The highest BCUT2D eigenvalue weighted by Gasteiger charge is 2.26. The highest BCUT2D eigenvalue weighted by atomic mass is 28.4. The molecule has 0 aromatic heterocycles.